The Morgan fingerprint density at radius 1 is 1.33 bits per heavy atom. The van der Waals surface area contributed by atoms with Crippen LogP contribution in [-0.2, 0) is 0 Å². The Balaban J connectivity index is 1.92. The zero-order valence-electron chi connectivity index (χ0n) is 13.2. The van der Waals surface area contributed by atoms with Crippen molar-refractivity contribution < 1.29 is 9.84 Å². The number of methoxy groups -OCH3 is 1. The Kier molecular flexibility index (Phi) is 4.09. The molecule has 4 nitrogen and oxygen atoms in total. The van der Waals surface area contributed by atoms with Gasteiger partial charge in [-0.15, -0.1) is 0 Å². The molecule has 2 fully saturated rings. The molecule has 1 aliphatic heterocycles. The number of hydrogen-bond acceptors (Lipinski definition) is 4. The molecule has 1 saturated heterocycles. The van der Waals surface area contributed by atoms with E-state index in [-0.39, 0.29) is 12.1 Å². The number of aliphatic hydroxyl groups is 1. The highest BCUT2D eigenvalue weighted by atomic mass is 16.5. The van der Waals surface area contributed by atoms with Crippen molar-refractivity contribution in [3.63, 3.8) is 0 Å². The molecule has 3 rings (SSSR count). The van der Waals surface area contributed by atoms with Gasteiger partial charge in [-0.05, 0) is 44.9 Å². The van der Waals surface area contributed by atoms with Gasteiger partial charge in [0.1, 0.15) is 5.75 Å². The molecule has 4 heteroatoms. The number of anilines is 1. The summed E-state index contributed by atoms with van der Waals surface area (Å²) in [6, 6.07) is 6.50. The summed E-state index contributed by atoms with van der Waals surface area (Å²) in [5.74, 6) is 2.02. The van der Waals surface area contributed by atoms with Crippen molar-refractivity contribution in [2.45, 2.75) is 31.9 Å². The Labute approximate surface area is 127 Å². The van der Waals surface area contributed by atoms with E-state index in [0.717, 1.165) is 31.7 Å². The zero-order chi connectivity index (χ0) is 15.0. The van der Waals surface area contributed by atoms with Crippen LogP contribution in [0.4, 0.5) is 5.69 Å². The summed E-state index contributed by atoms with van der Waals surface area (Å²) in [5.41, 5.74) is 2.47. The van der Waals surface area contributed by atoms with Crippen molar-refractivity contribution in [1.82, 2.24) is 5.32 Å². The molecule has 0 spiro atoms. The molecule has 21 heavy (non-hydrogen) atoms. The molecule has 4 unspecified atom stereocenters. The number of rotatable bonds is 4. The largest absolute Gasteiger partial charge is 0.496 e. The molecule has 0 bridgehead atoms. The molecule has 2 N–H and O–H groups in total. The number of aliphatic hydroxyl groups excluding tert-OH is 1. The highest BCUT2D eigenvalue weighted by molar-refractivity contribution is 5.61. The van der Waals surface area contributed by atoms with Gasteiger partial charge in [-0.25, -0.2) is 0 Å². The van der Waals surface area contributed by atoms with E-state index in [1.807, 2.05) is 13.1 Å². The van der Waals surface area contributed by atoms with Gasteiger partial charge >= 0.3 is 0 Å². The molecule has 1 aromatic rings. The van der Waals surface area contributed by atoms with Crippen LogP contribution < -0.4 is 15.0 Å². The number of nitrogens with zero attached hydrogens (tertiary/aromatic N) is 1. The first-order valence-electron chi connectivity index (χ1n) is 7.93. The van der Waals surface area contributed by atoms with E-state index in [4.69, 9.17) is 4.74 Å². The van der Waals surface area contributed by atoms with E-state index in [2.05, 4.69) is 29.3 Å². The average Bonchev–Trinajstić information content (AvgIpc) is 3.08. The maximum absolute atomic E-state index is 10.1. The summed E-state index contributed by atoms with van der Waals surface area (Å²) < 4.78 is 5.57. The van der Waals surface area contributed by atoms with Crippen LogP contribution in [0.15, 0.2) is 18.2 Å². The van der Waals surface area contributed by atoms with Gasteiger partial charge in [0.05, 0.1) is 13.2 Å². The fourth-order valence-corrected chi connectivity index (χ4v) is 4.00. The molecule has 0 aromatic heterocycles. The summed E-state index contributed by atoms with van der Waals surface area (Å²) in [6.45, 7) is 4.17. The van der Waals surface area contributed by atoms with Gasteiger partial charge in [0.2, 0.25) is 0 Å². The van der Waals surface area contributed by atoms with Crippen LogP contribution >= 0.6 is 0 Å². The van der Waals surface area contributed by atoms with Gasteiger partial charge < -0.3 is 20.1 Å². The van der Waals surface area contributed by atoms with E-state index < -0.39 is 0 Å². The van der Waals surface area contributed by atoms with E-state index >= 15 is 0 Å². The van der Waals surface area contributed by atoms with Gasteiger partial charge in [-0.2, -0.15) is 0 Å². The van der Waals surface area contributed by atoms with Gasteiger partial charge in [0, 0.05) is 36.3 Å². The lowest BCUT2D eigenvalue weighted by atomic mass is 10.00. The van der Waals surface area contributed by atoms with Crippen molar-refractivity contribution in [3.8, 4) is 5.75 Å². The third-order valence-electron chi connectivity index (χ3n) is 5.29. The SMILES string of the molecule is CNC(C)c1c(OC)cccc1N1CC2CCC(O)C2C1. The van der Waals surface area contributed by atoms with Crippen LogP contribution in [0.25, 0.3) is 0 Å². The van der Waals surface area contributed by atoms with Crippen molar-refractivity contribution in [2.75, 3.05) is 32.1 Å². The minimum absolute atomic E-state index is 0.115. The maximum Gasteiger partial charge on any atom is 0.125 e. The van der Waals surface area contributed by atoms with Crippen LogP contribution in [0, 0.1) is 11.8 Å². The van der Waals surface area contributed by atoms with Crippen molar-refractivity contribution >= 4 is 5.69 Å². The third kappa shape index (κ3) is 2.51. The molecule has 1 heterocycles. The first-order chi connectivity index (χ1) is 10.2. The van der Waals surface area contributed by atoms with Crippen LogP contribution in [0.3, 0.4) is 0 Å². The lowest BCUT2D eigenvalue weighted by Gasteiger charge is -2.27. The van der Waals surface area contributed by atoms with Crippen molar-refractivity contribution in [1.29, 1.82) is 0 Å². The molecule has 1 saturated carbocycles. The molecule has 116 valence electrons. The maximum atomic E-state index is 10.1. The number of fused-ring (bicyclic) bond motifs is 1. The lowest BCUT2D eigenvalue weighted by Crippen LogP contribution is -2.27. The standard InChI is InChI=1S/C17H26N2O2/c1-11(18-2)17-14(5-4-6-16(17)21-3)19-9-12-7-8-15(20)13(12)10-19/h4-6,11-13,15,18,20H,7-10H2,1-3H3. The summed E-state index contributed by atoms with van der Waals surface area (Å²) in [4.78, 5) is 2.43. The first kappa shape index (κ1) is 14.7. The fourth-order valence-electron chi connectivity index (χ4n) is 4.00. The number of benzene rings is 1. The Bertz CT molecular complexity index is 506. The van der Waals surface area contributed by atoms with E-state index in [1.54, 1.807) is 7.11 Å². The number of nitrogens with one attached hydrogen (secondary N) is 1. The Morgan fingerprint density at radius 3 is 2.81 bits per heavy atom. The highest BCUT2D eigenvalue weighted by Crippen LogP contribution is 2.43. The fraction of sp³-hybridized carbons (Fsp3) is 0.647. The topological polar surface area (TPSA) is 44.7 Å². The van der Waals surface area contributed by atoms with E-state index in [1.165, 1.54) is 11.3 Å². The quantitative estimate of drug-likeness (QED) is 0.892. The molecule has 1 aliphatic carbocycles. The predicted molar refractivity (Wildman–Crippen MR) is 84.9 cm³/mol. The first-order valence-corrected chi connectivity index (χ1v) is 7.93. The average molecular weight is 290 g/mol. The monoisotopic (exact) mass is 290 g/mol. The van der Waals surface area contributed by atoms with Gasteiger partial charge in [-0.1, -0.05) is 6.07 Å². The second-order valence-electron chi connectivity index (χ2n) is 6.38. The van der Waals surface area contributed by atoms with E-state index in [0.29, 0.717) is 11.8 Å². The number of ether oxygens (including phenoxy) is 1. The molecular weight excluding hydrogens is 264 g/mol. The molecule has 0 amide bonds. The van der Waals surface area contributed by atoms with Gasteiger partial charge in [-0.3, -0.25) is 0 Å². The summed E-state index contributed by atoms with van der Waals surface area (Å²) in [6.07, 6.45) is 2.01. The van der Waals surface area contributed by atoms with Crippen LogP contribution in [-0.4, -0.2) is 38.5 Å². The Hall–Kier alpha value is -1.26. The second-order valence-corrected chi connectivity index (χ2v) is 6.38. The van der Waals surface area contributed by atoms with Crippen LogP contribution in [0.1, 0.15) is 31.4 Å². The van der Waals surface area contributed by atoms with E-state index in [9.17, 15) is 5.11 Å². The third-order valence-corrected chi connectivity index (χ3v) is 5.29. The van der Waals surface area contributed by atoms with Gasteiger partial charge in [0.15, 0.2) is 0 Å². The zero-order valence-corrected chi connectivity index (χ0v) is 13.2. The minimum atomic E-state index is -0.115. The summed E-state index contributed by atoms with van der Waals surface area (Å²) >= 11 is 0. The minimum Gasteiger partial charge on any atom is -0.496 e. The van der Waals surface area contributed by atoms with Gasteiger partial charge in [0.25, 0.3) is 0 Å². The molecule has 1 aromatic carbocycles. The second kappa shape index (κ2) is 5.85. The highest BCUT2D eigenvalue weighted by Gasteiger charge is 2.42. The molecule has 2 aliphatic rings. The molecular formula is C17H26N2O2. The van der Waals surface area contributed by atoms with Crippen molar-refractivity contribution in [3.05, 3.63) is 23.8 Å². The Morgan fingerprint density at radius 2 is 2.14 bits per heavy atom. The molecule has 4 atom stereocenters. The lowest BCUT2D eigenvalue weighted by molar-refractivity contribution is 0.133. The van der Waals surface area contributed by atoms with Crippen molar-refractivity contribution in [2.24, 2.45) is 11.8 Å². The predicted octanol–water partition coefficient (Wildman–Crippen LogP) is 2.18. The molecule has 0 radical (unpaired) electrons. The normalized spacial score (nSPS) is 29.5. The summed E-state index contributed by atoms with van der Waals surface area (Å²) in [5, 5.41) is 13.4. The smallest absolute Gasteiger partial charge is 0.125 e. The van der Waals surface area contributed by atoms with Crippen LogP contribution in [0.5, 0.6) is 5.75 Å². The number of hydrogen-bond donors (Lipinski definition) is 2. The summed E-state index contributed by atoms with van der Waals surface area (Å²) in [7, 11) is 3.71. The van der Waals surface area contributed by atoms with Crippen LogP contribution in [0.2, 0.25) is 0 Å².